The molecule has 0 aliphatic heterocycles. The fourth-order valence-corrected chi connectivity index (χ4v) is 1.60. The van der Waals surface area contributed by atoms with Crippen molar-refractivity contribution in [3.05, 3.63) is 38.3 Å². The second kappa shape index (κ2) is 5.44. The Morgan fingerprint density at radius 2 is 2.06 bits per heavy atom. The summed E-state index contributed by atoms with van der Waals surface area (Å²) in [7, 11) is 0. The van der Waals surface area contributed by atoms with Crippen LogP contribution in [0.5, 0.6) is 0 Å². The van der Waals surface area contributed by atoms with Crippen LogP contribution < -0.4 is 5.56 Å². The number of nitrogens with zero attached hydrogens (tertiary/aromatic N) is 2. The van der Waals surface area contributed by atoms with Crippen molar-refractivity contribution in [2.75, 3.05) is 0 Å². The van der Waals surface area contributed by atoms with E-state index in [1.54, 1.807) is 13.0 Å². The Hall–Kier alpha value is -1.65. The fourth-order valence-electron chi connectivity index (χ4n) is 1.60. The molecule has 0 bridgehead atoms. The summed E-state index contributed by atoms with van der Waals surface area (Å²) in [5.74, 6) is 0. The Bertz CT molecular complexity index is 437. The van der Waals surface area contributed by atoms with Crippen molar-refractivity contribution in [2.24, 2.45) is 0 Å². The van der Waals surface area contributed by atoms with Crippen LogP contribution in [0.4, 0.5) is 5.69 Å². The minimum atomic E-state index is -0.627. The predicted molar refractivity (Wildman–Crippen MR) is 61.6 cm³/mol. The Morgan fingerprint density at radius 3 is 2.62 bits per heavy atom. The molecule has 0 amide bonds. The van der Waals surface area contributed by atoms with E-state index in [1.165, 1.54) is 10.6 Å². The van der Waals surface area contributed by atoms with E-state index >= 15 is 0 Å². The predicted octanol–water partition coefficient (Wildman–Crippen LogP) is 2.26. The average Bonchev–Trinajstić information content (AvgIpc) is 2.22. The summed E-state index contributed by atoms with van der Waals surface area (Å²) < 4.78 is 1.48. The quantitative estimate of drug-likeness (QED) is 0.437. The number of hydrogen-bond donors (Lipinski definition) is 0. The van der Waals surface area contributed by atoms with Gasteiger partial charge in [-0.15, -0.1) is 0 Å². The number of hydrogen-bond acceptors (Lipinski definition) is 3. The maximum atomic E-state index is 11.7. The van der Waals surface area contributed by atoms with E-state index < -0.39 is 10.5 Å². The molecular formula is C11H16N2O3. The van der Waals surface area contributed by atoms with Crippen molar-refractivity contribution >= 4 is 5.69 Å². The number of nitro groups is 1. The molecule has 0 spiro atoms. The van der Waals surface area contributed by atoms with Crippen LogP contribution >= 0.6 is 0 Å². The largest absolute Gasteiger partial charge is 0.334 e. The Balaban J connectivity index is 3.02. The summed E-state index contributed by atoms with van der Waals surface area (Å²) in [6.07, 6.45) is 2.95. The van der Waals surface area contributed by atoms with E-state index in [-0.39, 0.29) is 5.69 Å². The first-order valence-electron chi connectivity index (χ1n) is 5.42. The zero-order valence-corrected chi connectivity index (χ0v) is 9.60. The molecule has 0 aromatic carbocycles. The normalized spacial score (nSPS) is 10.4. The van der Waals surface area contributed by atoms with Crippen LogP contribution in [0.1, 0.15) is 31.9 Å². The molecule has 5 heteroatoms. The second-order valence-corrected chi connectivity index (χ2v) is 3.78. The molecule has 0 aliphatic rings. The van der Waals surface area contributed by atoms with Gasteiger partial charge in [0.2, 0.25) is 0 Å². The van der Waals surface area contributed by atoms with Crippen molar-refractivity contribution < 1.29 is 4.92 Å². The van der Waals surface area contributed by atoms with E-state index in [4.69, 9.17) is 0 Å². The van der Waals surface area contributed by atoms with Gasteiger partial charge in [0.1, 0.15) is 0 Å². The van der Waals surface area contributed by atoms with Gasteiger partial charge in [0.05, 0.1) is 4.92 Å². The Labute approximate surface area is 93.9 Å². The number of pyridine rings is 1. The van der Waals surface area contributed by atoms with Crippen molar-refractivity contribution in [1.29, 1.82) is 0 Å². The van der Waals surface area contributed by atoms with Crippen LogP contribution in [-0.2, 0) is 6.54 Å². The summed E-state index contributed by atoms with van der Waals surface area (Å²) in [6.45, 7) is 4.42. The van der Waals surface area contributed by atoms with Gasteiger partial charge in [-0.25, -0.2) is 0 Å². The molecule has 1 rings (SSSR count). The molecule has 0 saturated carbocycles. The third kappa shape index (κ3) is 2.68. The highest BCUT2D eigenvalue weighted by molar-refractivity contribution is 5.27. The lowest BCUT2D eigenvalue weighted by atomic mass is 10.2. The monoisotopic (exact) mass is 224 g/mol. The van der Waals surface area contributed by atoms with Gasteiger partial charge in [-0.3, -0.25) is 14.9 Å². The molecule has 1 aromatic rings. The molecule has 1 aromatic heterocycles. The first kappa shape index (κ1) is 12.4. The van der Waals surface area contributed by atoms with Crippen LogP contribution in [-0.4, -0.2) is 9.49 Å². The molecule has 0 saturated heterocycles. The summed E-state index contributed by atoms with van der Waals surface area (Å²) in [4.78, 5) is 21.7. The second-order valence-electron chi connectivity index (χ2n) is 3.78. The van der Waals surface area contributed by atoms with E-state index in [1.807, 2.05) is 0 Å². The van der Waals surface area contributed by atoms with E-state index in [2.05, 4.69) is 6.92 Å². The van der Waals surface area contributed by atoms with Crippen molar-refractivity contribution in [3.8, 4) is 0 Å². The first-order valence-corrected chi connectivity index (χ1v) is 5.42. The molecule has 16 heavy (non-hydrogen) atoms. The number of unbranched alkanes of at least 4 members (excludes halogenated alkanes) is 2. The van der Waals surface area contributed by atoms with Crippen LogP contribution in [0, 0.1) is 17.0 Å². The number of aryl methyl sites for hydroxylation is 1. The molecule has 5 nitrogen and oxygen atoms in total. The van der Waals surface area contributed by atoms with Gasteiger partial charge in [0.25, 0.3) is 0 Å². The molecular weight excluding hydrogens is 208 g/mol. The highest BCUT2D eigenvalue weighted by Gasteiger charge is 2.14. The minimum Gasteiger partial charge on any atom is -0.307 e. The lowest BCUT2D eigenvalue weighted by Gasteiger charge is -2.08. The van der Waals surface area contributed by atoms with Crippen LogP contribution in [0.25, 0.3) is 0 Å². The maximum absolute atomic E-state index is 11.7. The molecule has 1 heterocycles. The molecule has 0 radical (unpaired) electrons. The zero-order valence-electron chi connectivity index (χ0n) is 9.60. The Kier molecular flexibility index (Phi) is 4.22. The smallest absolute Gasteiger partial charge is 0.307 e. The topological polar surface area (TPSA) is 65.1 Å². The van der Waals surface area contributed by atoms with Gasteiger partial charge in [0.15, 0.2) is 0 Å². The molecule has 88 valence electrons. The SMILES string of the molecule is CCCCCn1c(C)ccc([N+](=O)[O-])c1=O. The lowest BCUT2D eigenvalue weighted by molar-refractivity contribution is -0.386. The van der Waals surface area contributed by atoms with Gasteiger partial charge in [0, 0.05) is 18.3 Å². The lowest BCUT2D eigenvalue weighted by Crippen LogP contribution is -2.24. The van der Waals surface area contributed by atoms with E-state index in [0.717, 1.165) is 25.0 Å². The first-order chi connectivity index (χ1) is 7.57. The van der Waals surface area contributed by atoms with Gasteiger partial charge in [-0.2, -0.15) is 0 Å². The van der Waals surface area contributed by atoms with Crippen LogP contribution in [0.3, 0.4) is 0 Å². The van der Waals surface area contributed by atoms with Gasteiger partial charge >= 0.3 is 11.2 Å². The van der Waals surface area contributed by atoms with E-state index in [9.17, 15) is 14.9 Å². The molecule has 0 N–H and O–H groups in total. The highest BCUT2D eigenvalue weighted by atomic mass is 16.6. The van der Waals surface area contributed by atoms with Crippen molar-refractivity contribution in [3.63, 3.8) is 0 Å². The van der Waals surface area contributed by atoms with E-state index in [0.29, 0.717) is 6.54 Å². The van der Waals surface area contributed by atoms with Gasteiger partial charge < -0.3 is 4.57 Å². The highest BCUT2D eigenvalue weighted by Crippen LogP contribution is 2.07. The summed E-state index contributed by atoms with van der Waals surface area (Å²) in [6, 6.07) is 2.89. The molecule has 0 aliphatic carbocycles. The average molecular weight is 224 g/mol. The van der Waals surface area contributed by atoms with Crippen molar-refractivity contribution in [2.45, 2.75) is 39.7 Å². The summed E-state index contributed by atoms with van der Waals surface area (Å²) in [5.41, 5.74) is -0.0742. The Morgan fingerprint density at radius 1 is 1.38 bits per heavy atom. The number of rotatable bonds is 5. The van der Waals surface area contributed by atoms with Gasteiger partial charge in [-0.1, -0.05) is 19.8 Å². The van der Waals surface area contributed by atoms with Gasteiger partial charge in [-0.05, 0) is 19.4 Å². The van der Waals surface area contributed by atoms with Crippen LogP contribution in [0.15, 0.2) is 16.9 Å². The number of aromatic nitrogens is 1. The summed E-state index contributed by atoms with van der Waals surface area (Å²) >= 11 is 0. The zero-order chi connectivity index (χ0) is 12.1. The minimum absolute atomic E-state index is 0.345. The van der Waals surface area contributed by atoms with Crippen molar-refractivity contribution in [1.82, 2.24) is 4.57 Å². The summed E-state index contributed by atoms with van der Waals surface area (Å²) in [5, 5.41) is 10.6. The standard InChI is InChI=1S/C11H16N2O3/c1-3-4-5-8-12-9(2)6-7-10(11(12)14)13(15)16/h6-7H,3-5,8H2,1-2H3. The fraction of sp³-hybridized carbons (Fsp3) is 0.545. The third-order valence-electron chi connectivity index (χ3n) is 2.55. The third-order valence-corrected chi connectivity index (χ3v) is 2.55. The molecule has 0 unspecified atom stereocenters. The van der Waals surface area contributed by atoms with Crippen LogP contribution in [0.2, 0.25) is 0 Å². The molecule has 0 fully saturated rings. The molecule has 0 atom stereocenters. The maximum Gasteiger partial charge on any atom is 0.334 e.